The lowest BCUT2D eigenvalue weighted by Crippen LogP contribution is -2.30. The lowest BCUT2D eigenvalue weighted by atomic mass is 10.1. The van der Waals surface area contributed by atoms with E-state index in [0.29, 0.717) is 19.3 Å². The lowest BCUT2D eigenvalue weighted by Gasteiger charge is -2.18. The first-order valence-electron chi connectivity index (χ1n) is 32.3. The monoisotopic (exact) mass is 1110 g/mol. The molecule has 0 saturated carbocycles. The summed E-state index contributed by atoms with van der Waals surface area (Å²) in [6, 6.07) is 0. The summed E-state index contributed by atoms with van der Waals surface area (Å²) >= 11 is 0. The first-order chi connectivity index (χ1) is 40.0. The fraction of sp³-hybridized carbons (Fsp3) is 0.560. The number of carbonyl (C=O) groups excluding carboxylic acids is 3. The van der Waals surface area contributed by atoms with Crippen LogP contribution in [-0.2, 0) is 28.6 Å². The first kappa shape index (κ1) is 75.5. The molecule has 0 fully saturated rings. The van der Waals surface area contributed by atoms with E-state index in [4.69, 9.17) is 14.2 Å². The Kier molecular flexibility index (Phi) is 62.5. The van der Waals surface area contributed by atoms with Crippen LogP contribution >= 0.6 is 0 Å². The third kappa shape index (κ3) is 65.2. The van der Waals surface area contributed by atoms with Crippen molar-refractivity contribution in [2.45, 2.75) is 258 Å². The average molecular weight is 1110 g/mol. The van der Waals surface area contributed by atoms with E-state index in [1.54, 1.807) is 0 Å². The second-order valence-electron chi connectivity index (χ2n) is 20.5. The molecule has 0 aliphatic carbocycles. The van der Waals surface area contributed by atoms with E-state index in [0.717, 1.165) is 148 Å². The molecule has 6 nitrogen and oxygen atoms in total. The molecule has 0 rings (SSSR count). The molecule has 1 atom stereocenters. The van der Waals surface area contributed by atoms with Gasteiger partial charge in [0, 0.05) is 19.3 Å². The summed E-state index contributed by atoms with van der Waals surface area (Å²) in [5, 5.41) is 0. The van der Waals surface area contributed by atoms with Crippen molar-refractivity contribution in [2.24, 2.45) is 0 Å². The number of esters is 3. The summed E-state index contributed by atoms with van der Waals surface area (Å²) in [6.45, 7) is 6.31. The lowest BCUT2D eigenvalue weighted by molar-refractivity contribution is -0.167. The van der Waals surface area contributed by atoms with E-state index in [-0.39, 0.29) is 44.0 Å². The van der Waals surface area contributed by atoms with Crippen LogP contribution in [0.3, 0.4) is 0 Å². The molecule has 0 radical (unpaired) electrons. The summed E-state index contributed by atoms with van der Waals surface area (Å²) in [5.74, 6) is -1.03. The van der Waals surface area contributed by atoms with Crippen LogP contribution < -0.4 is 0 Å². The van der Waals surface area contributed by atoms with Gasteiger partial charge < -0.3 is 14.2 Å². The Morgan fingerprint density at radius 3 is 0.778 bits per heavy atom. The Balaban J connectivity index is 4.62. The van der Waals surface area contributed by atoms with Crippen molar-refractivity contribution >= 4 is 17.9 Å². The van der Waals surface area contributed by atoms with E-state index < -0.39 is 6.10 Å². The largest absolute Gasteiger partial charge is 0.462 e. The molecular weight excluding hydrogens is 997 g/mol. The van der Waals surface area contributed by atoms with Gasteiger partial charge in [0.1, 0.15) is 13.2 Å². The predicted octanol–water partition coefficient (Wildman–Crippen LogP) is 22.4. The fourth-order valence-corrected chi connectivity index (χ4v) is 8.10. The second kappa shape index (κ2) is 67.0. The van der Waals surface area contributed by atoms with Crippen molar-refractivity contribution in [3.8, 4) is 0 Å². The topological polar surface area (TPSA) is 78.9 Å². The molecule has 6 heteroatoms. The Hall–Kier alpha value is -5.49. The van der Waals surface area contributed by atoms with Crippen LogP contribution in [0.5, 0.6) is 0 Å². The SMILES string of the molecule is CC/C=C\C/C=C\C/C=C\C/C=C\C/C=C\C/C=C\CCCCC(=O)OCC(COC(=O)CCCCCCCC/C=C\C/C=C\C/C=C\CCCCCCC)OC(=O)CCCC/C=C\C/C=C\C/C=C\C/C=C\C/C=C\C/C=C\CC. The molecule has 81 heavy (non-hydrogen) atoms. The number of unbranched alkanes of at least 4 members (excludes halogenated alkanes) is 15. The van der Waals surface area contributed by atoms with Gasteiger partial charge in [-0.1, -0.05) is 254 Å². The summed E-state index contributed by atoms with van der Waals surface area (Å²) < 4.78 is 16.9. The Labute approximate surface area is 497 Å². The van der Waals surface area contributed by atoms with Gasteiger partial charge in [-0.15, -0.1) is 0 Å². The van der Waals surface area contributed by atoms with Crippen molar-refractivity contribution in [2.75, 3.05) is 13.2 Å². The molecule has 0 aliphatic rings. The number of rotatable bonds is 56. The van der Waals surface area contributed by atoms with Crippen molar-refractivity contribution in [1.82, 2.24) is 0 Å². The van der Waals surface area contributed by atoms with Gasteiger partial charge in [-0.25, -0.2) is 0 Å². The van der Waals surface area contributed by atoms with Gasteiger partial charge >= 0.3 is 17.9 Å². The minimum atomic E-state index is -0.838. The molecule has 0 aromatic rings. The molecule has 0 aliphatic heterocycles. The molecule has 0 spiro atoms. The number of ether oxygens (including phenoxy) is 3. The zero-order chi connectivity index (χ0) is 58.5. The normalized spacial score (nSPS) is 13.4. The van der Waals surface area contributed by atoms with Crippen molar-refractivity contribution in [3.63, 3.8) is 0 Å². The molecular formula is C75H116O6. The minimum absolute atomic E-state index is 0.126. The molecule has 452 valence electrons. The number of hydrogen-bond donors (Lipinski definition) is 0. The highest BCUT2D eigenvalue weighted by Crippen LogP contribution is 2.13. The van der Waals surface area contributed by atoms with Crippen LogP contribution in [0.25, 0.3) is 0 Å². The first-order valence-corrected chi connectivity index (χ1v) is 32.3. The van der Waals surface area contributed by atoms with Gasteiger partial charge in [0.15, 0.2) is 6.10 Å². The quantitative estimate of drug-likeness (QED) is 0.0261. The Bertz CT molecular complexity index is 1900. The van der Waals surface area contributed by atoms with Crippen molar-refractivity contribution in [3.05, 3.63) is 182 Å². The number of allylic oxidation sites excluding steroid dienone is 30. The number of carbonyl (C=O) groups is 3. The molecule has 0 aromatic heterocycles. The van der Waals surface area contributed by atoms with E-state index in [9.17, 15) is 14.4 Å². The van der Waals surface area contributed by atoms with Gasteiger partial charge in [0.05, 0.1) is 0 Å². The molecule has 0 aromatic carbocycles. The van der Waals surface area contributed by atoms with Gasteiger partial charge in [-0.05, 0) is 161 Å². The maximum Gasteiger partial charge on any atom is 0.306 e. The van der Waals surface area contributed by atoms with E-state index in [1.807, 2.05) is 0 Å². The molecule has 0 saturated heterocycles. The summed E-state index contributed by atoms with van der Waals surface area (Å²) in [6.07, 6.45) is 100. The summed E-state index contributed by atoms with van der Waals surface area (Å²) in [5.41, 5.74) is 0. The van der Waals surface area contributed by atoms with E-state index in [1.165, 1.54) is 51.4 Å². The standard InChI is InChI=1S/C75H116O6/c1-4-7-10-13-16-19-22-25-28-31-34-37-40-43-46-49-52-55-58-61-64-67-73(76)79-70-72(81-75(78)69-66-63-60-57-54-51-48-45-42-39-36-33-30-27-24-21-18-15-12-9-6-3)71-80-74(77)68-65-62-59-56-53-50-47-44-41-38-35-32-29-26-23-20-17-14-11-8-5-2/h7,9-10,12,16,18-19,21,23,25-28,30,32,34-37,39,41,43-46,48,52,54-55,57,72H,4-6,8,11,13-15,17,20,22,24,29,31,33,38,40,42,47,49-51,53,56,58-71H2,1-3H3/b10-7-,12-9-,19-16-,21-18-,26-23-,28-25-,30-27-,35-32-,37-34-,39-36-,44-41-,46-43-,48-45-,55-52-,57-54-. The van der Waals surface area contributed by atoms with Crippen LogP contribution in [0.4, 0.5) is 0 Å². The van der Waals surface area contributed by atoms with Gasteiger partial charge in [0.25, 0.3) is 0 Å². The maximum absolute atomic E-state index is 12.9. The zero-order valence-corrected chi connectivity index (χ0v) is 51.7. The molecule has 0 N–H and O–H groups in total. The third-order valence-electron chi connectivity index (χ3n) is 12.9. The van der Waals surface area contributed by atoms with Crippen LogP contribution in [0.2, 0.25) is 0 Å². The average Bonchev–Trinajstić information content (AvgIpc) is 3.47. The van der Waals surface area contributed by atoms with E-state index in [2.05, 4.69) is 203 Å². The van der Waals surface area contributed by atoms with E-state index >= 15 is 0 Å². The van der Waals surface area contributed by atoms with Crippen LogP contribution in [-0.4, -0.2) is 37.2 Å². The van der Waals surface area contributed by atoms with Crippen LogP contribution in [0.1, 0.15) is 252 Å². The number of hydrogen-bond acceptors (Lipinski definition) is 6. The zero-order valence-electron chi connectivity index (χ0n) is 51.7. The highest BCUT2D eigenvalue weighted by Gasteiger charge is 2.19. The predicted molar refractivity (Wildman–Crippen MR) is 352 cm³/mol. The van der Waals surface area contributed by atoms with Gasteiger partial charge in [0.2, 0.25) is 0 Å². The highest BCUT2D eigenvalue weighted by molar-refractivity contribution is 5.71. The minimum Gasteiger partial charge on any atom is -0.462 e. The maximum atomic E-state index is 12.9. The smallest absolute Gasteiger partial charge is 0.306 e. The summed E-state index contributed by atoms with van der Waals surface area (Å²) in [4.78, 5) is 38.4. The molecule has 0 heterocycles. The molecule has 0 bridgehead atoms. The van der Waals surface area contributed by atoms with Gasteiger partial charge in [-0.3, -0.25) is 14.4 Å². The van der Waals surface area contributed by atoms with Crippen molar-refractivity contribution < 1.29 is 28.6 Å². The van der Waals surface area contributed by atoms with Crippen molar-refractivity contribution in [1.29, 1.82) is 0 Å². The summed E-state index contributed by atoms with van der Waals surface area (Å²) in [7, 11) is 0. The van der Waals surface area contributed by atoms with Gasteiger partial charge in [-0.2, -0.15) is 0 Å². The third-order valence-corrected chi connectivity index (χ3v) is 12.9. The fourth-order valence-electron chi connectivity index (χ4n) is 8.10. The second-order valence-corrected chi connectivity index (χ2v) is 20.5. The van der Waals surface area contributed by atoms with Crippen LogP contribution in [0.15, 0.2) is 182 Å². The molecule has 0 amide bonds. The molecule has 1 unspecified atom stereocenters. The Morgan fingerprint density at radius 1 is 0.259 bits per heavy atom. The Morgan fingerprint density at radius 2 is 0.481 bits per heavy atom. The van der Waals surface area contributed by atoms with Crippen LogP contribution in [0, 0.1) is 0 Å². The highest BCUT2D eigenvalue weighted by atomic mass is 16.6.